The molecule has 7 heteroatoms. The fraction of sp³-hybridized carbons (Fsp3) is 0.368. The van der Waals surface area contributed by atoms with Crippen LogP contribution in [0, 0.1) is 13.8 Å². The summed E-state index contributed by atoms with van der Waals surface area (Å²) in [6.07, 6.45) is 3.76. The minimum absolute atomic E-state index is 0.348. The molecule has 4 aromatic rings. The van der Waals surface area contributed by atoms with Crippen LogP contribution >= 0.6 is 0 Å². The van der Waals surface area contributed by atoms with Gasteiger partial charge < -0.3 is 14.4 Å². The highest BCUT2D eigenvalue weighted by molar-refractivity contribution is 5.88. The van der Waals surface area contributed by atoms with Crippen LogP contribution in [0.4, 0.5) is 5.82 Å². The van der Waals surface area contributed by atoms with E-state index in [1.165, 1.54) is 5.56 Å². The van der Waals surface area contributed by atoms with Gasteiger partial charge >= 0.3 is 0 Å². The van der Waals surface area contributed by atoms with E-state index in [2.05, 4.69) is 50.1 Å². The number of benzene rings is 1. The number of aryl methyl sites for hydroxylation is 2. The first-order valence-electron chi connectivity index (χ1n) is 8.98. The molecular weight excluding hydrogens is 328 g/mol. The van der Waals surface area contributed by atoms with E-state index in [0.717, 1.165) is 59.7 Å². The lowest BCUT2D eigenvalue weighted by molar-refractivity contribution is 0.442. The Morgan fingerprint density at radius 3 is 3.04 bits per heavy atom. The minimum atomic E-state index is 0.348. The summed E-state index contributed by atoms with van der Waals surface area (Å²) < 4.78 is 5.30. The topological polar surface area (TPSA) is 83.7 Å². The third-order valence-corrected chi connectivity index (χ3v) is 5.26. The number of H-pyrrole nitrogens is 1. The Bertz CT molecular complexity index is 1100. The number of para-hydroxylation sites is 1. The zero-order chi connectivity index (χ0) is 17.7. The van der Waals surface area contributed by atoms with Crippen molar-refractivity contribution in [2.75, 3.05) is 18.0 Å². The third-order valence-electron chi connectivity index (χ3n) is 5.26. The highest BCUT2D eigenvalue weighted by atomic mass is 16.5. The molecule has 1 fully saturated rings. The largest absolute Gasteiger partial charge is 0.355 e. The number of piperidine rings is 1. The van der Waals surface area contributed by atoms with Crippen LogP contribution < -0.4 is 4.90 Å². The second-order valence-electron chi connectivity index (χ2n) is 7.02. The van der Waals surface area contributed by atoms with Gasteiger partial charge in [-0.3, -0.25) is 0 Å². The van der Waals surface area contributed by atoms with Gasteiger partial charge in [0, 0.05) is 19.0 Å². The molecule has 26 heavy (non-hydrogen) atoms. The van der Waals surface area contributed by atoms with E-state index in [-0.39, 0.29) is 0 Å². The second-order valence-corrected chi connectivity index (χ2v) is 7.02. The second kappa shape index (κ2) is 5.79. The highest BCUT2D eigenvalue weighted by Gasteiger charge is 2.27. The number of nitrogens with zero attached hydrogens (tertiary/aromatic N) is 5. The quantitative estimate of drug-likeness (QED) is 0.597. The number of aromatic amines is 1. The molecule has 5 rings (SSSR count). The van der Waals surface area contributed by atoms with Gasteiger partial charge in [0.25, 0.3) is 5.71 Å². The Balaban J connectivity index is 1.51. The number of imidazole rings is 1. The Kier molecular flexibility index (Phi) is 3.41. The number of fused-ring (bicyclic) bond motifs is 2. The minimum Gasteiger partial charge on any atom is -0.355 e. The van der Waals surface area contributed by atoms with E-state index in [9.17, 15) is 0 Å². The summed E-state index contributed by atoms with van der Waals surface area (Å²) in [4.78, 5) is 19.4. The average molecular weight is 348 g/mol. The molecule has 0 amide bonds. The van der Waals surface area contributed by atoms with Gasteiger partial charge in [-0.2, -0.15) is 4.98 Å². The van der Waals surface area contributed by atoms with E-state index >= 15 is 0 Å². The van der Waals surface area contributed by atoms with Crippen LogP contribution in [0.3, 0.4) is 0 Å². The lowest BCUT2D eigenvalue weighted by atomic mass is 9.97. The van der Waals surface area contributed by atoms with Crippen molar-refractivity contribution in [1.29, 1.82) is 0 Å². The van der Waals surface area contributed by atoms with Crippen LogP contribution in [0.5, 0.6) is 0 Å². The fourth-order valence-corrected chi connectivity index (χ4v) is 3.92. The molecule has 132 valence electrons. The summed E-state index contributed by atoms with van der Waals surface area (Å²) >= 11 is 0. The first-order valence-corrected chi connectivity index (χ1v) is 8.98. The maximum Gasteiger partial charge on any atom is 0.263 e. The van der Waals surface area contributed by atoms with Gasteiger partial charge in [0.05, 0.1) is 16.7 Å². The first kappa shape index (κ1) is 15.3. The monoisotopic (exact) mass is 348 g/mol. The van der Waals surface area contributed by atoms with Gasteiger partial charge in [-0.1, -0.05) is 17.3 Å². The SMILES string of the molecule is Cc1cccc2[nH]c(C3CCCN(c4ncnc5onc(C)c45)C3)nc12. The number of nitrogens with one attached hydrogen (secondary N) is 1. The van der Waals surface area contributed by atoms with Crippen LogP contribution in [0.25, 0.3) is 22.1 Å². The molecule has 1 saturated heterocycles. The van der Waals surface area contributed by atoms with E-state index < -0.39 is 0 Å². The molecular formula is C19H20N6O. The summed E-state index contributed by atoms with van der Waals surface area (Å²) in [7, 11) is 0. The van der Waals surface area contributed by atoms with Crippen LogP contribution in [-0.4, -0.2) is 38.2 Å². The third kappa shape index (κ3) is 2.34. The van der Waals surface area contributed by atoms with Gasteiger partial charge in [0.2, 0.25) is 0 Å². The van der Waals surface area contributed by atoms with Crippen molar-refractivity contribution in [2.24, 2.45) is 0 Å². The molecule has 7 nitrogen and oxygen atoms in total. The van der Waals surface area contributed by atoms with Crippen LogP contribution in [0.1, 0.15) is 35.8 Å². The van der Waals surface area contributed by atoms with E-state index in [1.54, 1.807) is 6.33 Å². The molecule has 1 aliphatic rings. The maximum absolute atomic E-state index is 5.30. The molecule has 3 aromatic heterocycles. The molecule has 0 saturated carbocycles. The van der Waals surface area contributed by atoms with E-state index in [1.807, 2.05) is 6.92 Å². The van der Waals surface area contributed by atoms with E-state index in [4.69, 9.17) is 9.51 Å². The maximum atomic E-state index is 5.30. The lowest BCUT2D eigenvalue weighted by Crippen LogP contribution is -2.35. The van der Waals surface area contributed by atoms with Gasteiger partial charge in [-0.25, -0.2) is 9.97 Å². The number of hydrogen-bond donors (Lipinski definition) is 1. The Hall–Kier alpha value is -2.96. The molecule has 4 heterocycles. The number of rotatable bonds is 2. The standard InChI is InChI=1S/C19H20N6O/c1-11-5-3-7-14-16(11)23-17(22-14)13-6-4-8-25(9-13)18-15-12(2)24-26-19(15)21-10-20-18/h3,5,7,10,13H,4,6,8-9H2,1-2H3,(H,22,23). The number of hydrogen-bond acceptors (Lipinski definition) is 6. The fourth-order valence-electron chi connectivity index (χ4n) is 3.92. The zero-order valence-electron chi connectivity index (χ0n) is 14.9. The Labute approximate surface area is 150 Å². The number of anilines is 1. The molecule has 0 radical (unpaired) electrons. The smallest absolute Gasteiger partial charge is 0.263 e. The van der Waals surface area contributed by atoms with Crippen LogP contribution in [0.2, 0.25) is 0 Å². The summed E-state index contributed by atoms with van der Waals surface area (Å²) in [6.45, 7) is 5.87. The average Bonchev–Trinajstić information content (AvgIpc) is 3.27. The van der Waals surface area contributed by atoms with Gasteiger partial charge in [-0.05, 0) is 38.3 Å². The van der Waals surface area contributed by atoms with Crippen molar-refractivity contribution in [2.45, 2.75) is 32.6 Å². The Morgan fingerprint density at radius 2 is 2.15 bits per heavy atom. The van der Waals surface area contributed by atoms with Crippen molar-refractivity contribution in [3.8, 4) is 0 Å². The van der Waals surface area contributed by atoms with Crippen LogP contribution in [0.15, 0.2) is 29.0 Å². The van der Waals surface area contributed by atoms with Crippen molar-refractivity contribution >= 4 is 28.0 Å². The van der Waals surface area contributed by atoms with E-state index in [0.29, 0.717) is 11.6 Å². The van der Waals surface area contributed by atoms with Crippen LogP contribution in [-0.2, 0) is 0 Å². The summed E-state index contributed by atoms with van der Waals surface area (Å²) in [6, 6.07) is 6.26. The zero-order valence-corrected chi connectivity index (χ0v) is 14.9. The molecule has 1 atom stereocenters. The van der Waals surface area contributed by atoms with Crippen molar-refractivity contribution in [3.63, 3.8) is 0 Å². The molecule has 0 bridgehead atoms. The summed E-state index contributed by atoms with van der Waals surface area (Å²) in [5, 5.41) is 4.96. The van der Waals surface area contributed by atoms with Crippen molar-refractivity contribution in [1.82, 2.24) is 25.1 Å². The van der Waals surface area contributed by atoms with Crippen molar-refractivity contribution < 1.29 is 4.52 Å². The first-order chi connectivity index (χ1) is 12.7. The molecule has 1 N–H and O–H groups in total. The lowest BCUT2D eigenvalue weighted by Gasteiger charge is -2.32. The Morgan fingerprint density at radius 1 is 1.23 bits per heavy atom. The summed E-state index contributed by atoms with van der Waals surface area (Å²) in [5.74, 6) is 2.32. The van der Waals surface area contributed by atoms with Gasteiger partial charge in [-0.15, -0.1) is 0 Å². The highest BCUT2D eigenvalue weighted by Crippen LogP contribution is 2.33. The normalized spacial score (nSPS) is 18.1. The summed E-state index contributed by atoms with van der Waals surface area (Å²) in [5.41, 5.74) is 4.76. The molecule has 1 aliphatic heterocycles. The molecule has 1 unspecified atom stereocenters. The molecule has 1 aromatic carbocycles. The molecule has 0 aliphatic carbocycles. The predicted molar refractivity (Wildman–Crippen MR) is 99.4 cm³/mol. The predicted octanol–water partition coefficient (Wildman–Crippen LogP) is 3.49. The van der Waals surface area contributed by atoms with Crippen molar-refractivity contribution in [3.05, 3.63) is 41.6 Å². The molecule has 0 spiro atoms. The van der Waals surface area contributed by atoms with Gasteiger partial charge in [0.15, 0.2) is 0 Å². The number of aromatic nitrogens is 5. The van der Waals surface area contributed by atoms with Gasteiger partial charge in [0.1, 0.15) is 23.4 Å².